The first-order valence-corrected chi connectivity index (χ1v) is 8.62. The van der Waals surface area contributed by atoms with E-state index in [0.29, 0.717) is 16.3 Å². The zero-order chi connectivity index (χ0) is 16.9. The molecule has 2 aromatic rings. The summed E-state index contributed by atoms with van der Waals surface area (Å²) in [5.41, 5.74) is 8.11. The van der Waals surface area contributed by atoms with Crippen LogP contribution in [0.25, 0.3) is 0 Å². The lowest BCUT2D eigenvalue weighted by atomic mass is 10.0. The molecule has 126 valence electrons. The molecule has 1 aliphatic rings. The third-order valence-electron chi connectivity index (χ3n) is 4.43. The Morgan fingerprint density at radius 3 is 2.58 bits per heavy atom. The Bertz CT molecular complexity index is 697. The van der Waals surface area contributed by atoms with Gasteiger partial charge in [-0.25, -0.2) is 0 Å². The molecule has 1 aliphatic heterocycles. The molecule has 5 heteroatoms. The summed E-state index contributed by atoms with van der Waals surface area (Å²) in [5, 5.41) is 3.60. The number of hydrogen-bond donors (Lipinski definition) is 2. The van der Waals surface area contributed by atoms with Gasteiger partial charge in [-0.2, -0.15) is 0 Å². The molecule has 0 spiro atoms. The summed E-state index contributed by atoms with van der Waals surface area (Å²) in [4.78, 5) is 14.8. The Morgan fingerprint density at radius 1 is 1.17 bits per heavy atom. The van der Waals surface area contributed by atoms with Gasteiger partial charge in [0, 0.05) is 36.4 Å². The number of nitrogens with two attached hydrogens (primary N) is 1. The summed E-state index contributed by atoms with van der Waals surface area (Å²) in [7, 11) is 0. The van der Waals surface area contributed by atoms with Crippen molar-refractivity contribution in [2.24, 2.45) is 0 Å². The van der Waals surface area contributed by atoms with Crippen molar-refractivity contribution in [3.05, 3.63) is 64.7 Å². The number of nitrogens with zero attached hydrogens (tertiary/aromatic N) is 1. The van der Waals surface area contributed by atoms with Crippen molar-refractivity contribution in [2.45, 2.75) is 25.4 Å². The van der Waals surface area contributed by atoms with Crippen LogP contribution in [0, 0.1) is 0 Å². The smallest absolute Gasteiger partial charge is 0.253 e. The summed E-state index contributed by atoms with van der Waals surface area (Å²) < 4.78 is 0. The predicted octanol–water partition coefficient (Wildman–Crippen LogP) is 3.32. The highest BCUT2D eigenvalue weighted by molar-refractivity contribution is 6.31. The minimum atomic E-state index is -0.142. The molecule has 0 aliphatic carbocycles. The summed E-state index contributed by atoms with van der Waals surface area (Å²) >= 11 is 5.96. The molecular formula is C19H22ClN3O. The highest BCUT2D eigenvalue weighted by atomic mass is 35.5. The van der Waals surface area contributed by atoms with E-state index in [1.807, 2.05) is 6.07 Å². The molecule has 1 saturated heterocycles. The van der Waals surface area contributed by atoms with Gasteiger partial charge in [0.1, 0.15) is 0 Å². The van der Waals surface area contributed by atoms with Crippen LogP contribution in [0.3, 0.4) is 0 Å². The number of halogens is 1. The maximum absolute atomic E-state index is 12.4. The van der Waals surface area contributed by atoms with Crippen molar-refractivity contribution in [2.75, 3.05) is 18.8 Å². The van der Waals surface area contributed by atoms with Gasteiger partial charge in [0.15, 0.2) is 0 Å². The third-order valence-corrected chi connectivity index (χ3v) is 4.67. The number of benzene rings is 2. The number of likely N-dealkylation sites (tertiary alicyclic amines) is 1. The van der Waals surface area contributed by atoms with Gasteiger partial charge in [0.2, 0.25) is 0 Å². The Balaban J connectivity index is 1.52. The first-order valence-electron chi connectivity index (χ1n) is 8.24. The Hall–Kier alpha value is -2.04. The zero-order valence-corrected chi connectivity index (χ0v) is 14.3. The van der Waals surface area contributed by atoms with Crippen LogP contribution in [0.2, 0.25) is 5.02 Å². The van der Waals surface area contributed by atoms with Crippen molar-refractivity contribution in [1.29, 1.82) is 0 Å². The number of nitrogens with one attached hydrogen (secondary N) is 1. The molecule has 24 heavy (non-hydrogen) atoms. The van der Waals surface area contributed by atoms with E-state index in [0.717, 1.165) is 32.5 Å². The molecule has 0 aromatic heterocycles. The van der Waals surface area contributed by atoms with Crippen molar-refractivity contribution >= 4 is 23.2 Å². The fourth-order valence-corrected chi connectivity index (χ4v) is 3.24. The second-order valence-corrected chi connectivity index (χ2v) is 6.68. The van der Waals surface area contributed by atoms with Gasteiger partial charge in [-0.15, -0.1) is 0 Å². The van der Waals surface area contributed by atoms with Gasteiger partial charge in [-0.05, 0) is 36.6 Å². The highest BCUT2D eigenvalue weighted by Gasteiger charge is 2.22. The molecule has 1 fully saturated rings. The number of nitrogen functional groups attached to an aromatic ring is 1. The van der Waals surface area contributed by atoms with E-state index in [9.17, 15) is 4.79 Å². The molecule has 2 aromatic carbocycles. The first-order chi connectivity index (χ1) is 11.6. The SMILES string of the molecule is Nc1ccc(Cl)cc1C(=O)NC1CCN(Cc2ccccc2)CC1. The van der Waals surface area contributed by atoms with Crippen LogP contribution in [0.15, 0.2) is 48.5 Å². The minimum absolute atomic E-state index is 0.142. The summed E-state index contributed by atoms with van der Waals surface area (Å²) in [6, 6.07) is 15.6. The van der Waals surface area contributed by atoms with Gasteiger partial charge in [-0.3, -0.25) is 9.69 Å². The summed E-state index contributed by atoms with van der Waals surface area (Å²) in [5.74, 6) is -0.142. The lowest BCUT2D eigenvalue weighted by molar-refractivity contribution is 0.0910. The number of hydrogen-bond acceptors (Lipinski definition) is 3. The quantitative estimate of drug-likeness (QED) is 0.837. The van der Waals surface area contributed by atoms with Crippen molar-refractivity contribution in [3.8, 4) is 0 Å². The number of anilines is 1. The standard InChI is InChI=1S/C19H22ClN3O/c20-15-6-7-18(21)17(12-15)19(24)22-16-8-10-23(11-9-16)13-14-4-2-1-3-5-14/h1-7,12,16H,8-11,13,21H2,(H,22,24). The topological polar surface area (TPSA) is 58.4 Å². The van der Waals surface area contributed by atoms with Crippen LogP contribution in [-0.4, -0.2) is 29.9 Å². The average molecular weight is 344 g/mol. The largest absolute Gasteiger partial charge is 0.398 e. The molecule has 0 saturated carbocycles. The minimum Gasteiger partial charge on any atom is -0.398 e. The Labute approximate surface area is 147 Å². The van der Waals surface area contributed by atoms with E-state index >= 15 is 0 Å². The van der Waals surface area contributed by atoms with Gasteiger partial charge in [0.25, 0.3) is 5.91 Å². The summed E-state index contributed by atoms with van der Waals surface area (Å²) in [6.07, 6.45) is 1.89. The van der Waals surface area contributed by atoms with Crippen LogP contribution in [-0.2, 0) is 6.54 Å². The molecule has 4 nitrogen and oxygen atoms in total. The van der Waals surface area contributed by atoms with Crippen molar-refractivity contribution < 1.29 is 4.79 Å². The van der Waals surface area contributed by atoms with Crippen molar-refractivity contribution in [1.82, 2.24) is 10.2 Å². The molecule has 3 rings (SSSR count). The second kappa shape index (κ2) is 7.69. The molecule has 0 radical (unpaired) electrons. The number of rotatable bonds is 4. The van der Waals surface area contributed by atoms with E-state index in [4.69, 9.17) is 17.3 Å². The van der Waals surface area contributed by atoms with E-state index in [2.05, 4.69) is 34.5 Å². The normalized spacial score (nSPS) is 16.0. The average Bonchev–Trinajstić information content (AvgIpc) is 2.59. The molecule has 0 bridgehead atoms. The monoisotopic (exact) mass is 343 g/mol. The molecule has 1 heterocycles. The predicted molar refractivity (Wildman–Crippen MR) is 98.1 cm³/mol. The van der Waals surface area contributed by atoms with E-state index in [-0.39, 0.29) is 11.9 Å². The zero-order valence-electron chi connectivity index (χ0n) is 13.5. The number of piperidine rings is 1. The fourth-order valence-electron chi connectivity index (χ4n) is 3.07. The molecule has 0 unspecified atom stereocenters. The van der Waals surface area contributed by atoms with E-state index in [1.54, 1.807) is 18.2 Å². The first kappa shape index (κ1) is 16.8. The van der Waals surface area contributed by atoms with Gasteiger partial charge in [0.05, 0.1) is 5.56 Å². The Kier molecular flexibility index (Phi) is 5.38. The van der Waals surface area contributed by atoms with Crippen LogP contribution in [0.4, 0.5) is 5.69 Å². The second-order valence-electron chi connectivity index (χ2n) is 6.24. The lowest BCUT2D eigenvalue weighted by Crippen LogP contribution is -2.44. The van der Waals surface area contributed by atoms with Crippen LogP contribution >= 0.6 is 11.6 Å². The summed E-state index contributed by atoms with van der Waals surface area (Å²) in [6.45, 7) is 2.92. The van der Waals surface area contributed by atoms with Crippen LogP contribution in [0.5, 0.6) is 0 Å². The van der Waals surface area contributed by atoms with E-state index < -0.39 is 0 Å². The highest BCUT2D eigenvalue weighted by Crippen LogP contribution is 2.19. The number of carbonyl (C=O) groups is 1. The lowest BCUT2D eigenvalue weighted by Gasteiger charge is -2.32. The molecular weight excluding hydrogens is 322 g/mol. The molecule has 0 atom stereocenters. The van der Waals surface area contributed by atoms with Gasteiger partial charge in [-0.1, -0.05) is 41.9 Å². The number of amides is 1. The third kappa shape index (κ3) is 4.28. The maximum atomic E-state index is 12.4. The van der Waals surface area contributed by atoms with Crippen LogP contribution < -0.4 is 11.1 Å². The van der Waals surface area contributed by atoms with Gasteiger partial charge < -0.3 is 11.1 Å². The van der Waals surface area contributed by atoms with Crippen LogP contribution in [0.1, 0.15) is 28.8 Å². The van der Waals surface area contributed by atoms with E-state index in [1.165, 1.54) is 5.56 Å². The maximum Gasteiger partial charge on any atom is 0.253 e. The number of carbonyl (C=O) groups excluding carboxylic acids is 1. The fraction of sp³-hybridized carbons (Fsp3) is 0.316. The Morgan fingerprint density at radius 2 is 1.88 bits per heavy atom. The van der Waals surface area contributed by atoms with Crippen molar-refractivity contribution in [3.63, 3.8) is 0 Å². The molecule has 3 N–H and O–H groups in total. The molecule has 1 amide bonds. The van der Waals surface area contributed by atoms with Gasteiger partial charge >= 0.3 is 0 Å².